The van der Waals surface area contributed by atoms with Crippen LogP contribution in [0.1, 0.15) is 16.2 Å². The number of aryl methyl sites for hydroxylation is 1. The number of hydrogen-bond acceptors (Lipinski definition) is 6. The second-order valence-corrected chi connectivity index (χ2v) is 6.52. The van der Waals surface area contributed by atoms with Gasteiger partial charge in [-0.05, 0) is 31.2 Å². The molecule has 3 aromatic heterocycles. The first-order valence-electron chi connectivity index (χ1n) is 8.00. The molecule has 0 bridgehead atoms. The maximum atomic E-state index is 12.5. The quantitative estimate of drug-likeness (QED) is 0.563. The smallest absolute Gasteiger partial charge is 0.275 e. The molecule has 1 aromatic carbocycles. The Kier molecular flexibility index (Phi) is 4.28. The molecular formula is C19H15N5OS. The summed E-state index contributed by atoms with van der Waals surface area (Å²) in [7, 11) is 0. The van der Waals surface area contributed by atoms with Crippen molar-refractivity contribution in [1.82, 2.24) is 15.0 Å². The summed E-state index contributed by atoms with van der Waals surface area (Å²) in [6.45, 7) is 1.92. The molecule has 7 heteroatoms. The van der Waals surface area contributed by atoms with Crippen molar-refractivity contribution in [2.75, 3.05) is 10.6 Å². The van der Waals surface area contributed by atoms with Crippen LogP contribution in [0, 0.1) is 6.92 Å². The second kappa shape index (κ2) is 6.89. The molecule has 0 saturated heterocycles. The van der Waals surface area contributed by atoms with Crippen LogP contribution in [0.4, 0.5) is 16.6 Å². The number of nitrogens with zero attached hydrogens (tertiary/aromatic N) is 3. The van der Waals surface area contributed by atoms with E-state index in [-0.39, 0.29) is 5.91 Å². The van der Waals surface area contributed by atoms with Gasteiger partial charge in [-0.25, -0.2) is 9.97 Å². The number of pyridine rings is 2. The Labute approximate surface area is 154 Å². The fourth-order valence-electron chi connectivity index (χ4n) is 2.55. The number of thiazole rings is 1. The zero-order valence-corrected chi connectivity index (χ0v) is 14.7. The fourth-order valence-corrected chi connectivity index (χ4v) is 3.25. The Morgan fingerprint density at radius 2 is 1.88 bits per heavy atom. The van der Waals surface area contributed by atoms with Crippen molar-refractivity contribution in [1.29, 1.82) is 0 Å². The number of benzene rings is 1. The van der Waals surface area contributed by atoms with Crippen LogP contribution in [0.15, 0.2) is 60.1 Å². The molecule has 0 radical (unpaired) electrons. The number of fused-ring (bicyclic) bond motifs is 1. The molecule has 26 heavy (non-hydrogen) atoms. The van der Waals surface area contributed by atoms with E-state index < -0.39 is 0 Å². The van der Waals surface area contributed by atoms with E-state index in [1.807, 2.05) is 55.5 Å². The van der Waals surface area contributed by atoms with E-state index in [1.165, 1.54) is 11.3 Å². The highest BCUT2D eigenvalue weighted by atomic mass is 32.1. The number of carbonyl (C=O) groups is 1. The summed E-state index contributed by atoms with van der Waals surface area (Å²) < 4.78 is 0. The lowest BCUT2D eigenvalue weighted by Crippen LogP contribution is -2.13. The van der Waals surface area contributed by atoms with Crippen LogP contribution < -0.4 is 10.6 Å². The number of anilines is 3. The number of nitrogens with one attached hydrogen (secondary N) is 2. The first kappa shape index (κ1) is 16.2. The van der Waals surface area contributed by atoms with E-state index in [0.717, 1.165) is 16.6 Å². The van der Waals surface area contributed by atoms with Gasteiger partial charge in [0.1, 0.15) is 11.5 Å². The van der Waals surface area contributed by atoms with Crippen molar-refractivity contribution in [3.8, 4) is 0 Å². The summed E-state index contributed by atoms with van der Waals surface area (Å²) in [5, 5.41) is 9.30. The third kappa shape index (κ3) is 3.38. The normalized spacial score (nSPS) is 10.7. The predicted octanol–water partition coefficient (Wildman–Crippen LogP) is 4.39. The highest BCUT2D eigenvalue weighted by molar-refractivity contribution is 7.14. The molecule has 0 aliphatic rings. The first-order chi connectivity index (χ1) is 12.7. The van der Waals surface area contributed by atoms with Crippen molar-refractivity contribution >= 4 is 44.8 Å². The third-order valence-corrected chi connectivity index (χ3v) is 4.50. The lowest BCUT2D eigenvalue weighted by atomic mass is 10.2. The standard InChI is InChI=1S/C19H15N5OS/c1-12-5-2-9-16(21-12)24-19-23-15(11-26-19)18(25)22-14-8-3-6-13-7-4-10-20-17(13)14/h2-11H,1H3,(H,22,25)(H,21,23,24). The van der Waals surface area contributed by atoms with Gasteiger partial charge in [0.25, 0.3) is 5.91 Å². The van der Waals surface area contributed by atoms with E-state index >= 15 is 0 Å². The molecular weight excluding hydrogens is 346 g/mol. The SMILES string of the molecule is Cc1cccc(Nc2nc(C(=O)Nc3cccc4cccnc34)cs2)n1. The van der Waals surface area contributed by atoms with Crippen molar-refractivity contribution < 1.29 is 4.79 Å². The first-order valence-corrected chi connectivity index (χ1v) is 8.88. The lowest BCUT2D eigenvalue weighted by molar-refractivity contribution is 0.102. The molecule has 0 fully saturated rings. The maximum Gasteiger partial charge on any atom is 0.275 e. The lowest BCUT2D eigenvalue weighted by Gasteiger charge is -2.06. The Bertz CT molecular complexity index is 1090. The summed E-state index contributed by atoms with van der Waals surface area (Å²) in [4.78, 5) is 25.6. The molecule has 0 aliphatic carbocycles. The van der Waals surface area contributed by atoms with Gasteiger partial charge in [0.15, 0.2) is 5.13 Å². The monoisotopic (exact) mass is 361 g/mol. The van der Waals surface area contributed by atoms with Gasteiger partial charge in [-0.2, -0.15) is 0 Å². The van der Waals surface area contributed by atoms with Crippen LogP contribution in [0.2, 0.25) is 0 Å². The van der Waals surface area contributed by atoms with Gasteiger partial charge in [0, 0.05) is 22.7 Å². The van der Waals surface area contributed by atoms with E-state index in [1.54, 1.807) is 11.6 Å². The van der Waals surface area contributed by atoms with Crippen LogP contribution in [-0.2, 0) is 0 Å². The minimum atomic E-state index is -0.273. The van der Waals surface area contributed by atoms with Crippen LogP contribution in [0.3, 0.4) is 0 Å². The summed E-state index contributed by atoms with van der Waals surface area (Å²) in [6, 6.07) is 15.2. The van der Waals surface area contributed by atoms with E-state index in [4.69, 9.17) is 0 Å². The van der Waals surface area contributed by atoms with Crippen LogP contribution >= 0.6 is 11.3 Å². The minimum absolute atomic E-state index is 0.273. The minimum Gasteiger partial charge on any atom is -0.319 e. The van der Waals surface area contributed by atoms with Crippen molar-refractivity contribution in [2.24, 2.45) is 0 Å². The number of carbonyl (C=O) groups excluding carboxylic acids is 1. The van der Waals surface area contributed by atoms with Crippen LogP contribution in [0.25, 0.3) is 10.9 Å². The molecule has 6 nitrogen and oxygen atoms in total. The molecule has 0 atom stereocenters. The average Bonchev–Trinajstić information content (AvgIpc) is 3.11. The number of aromatic nitrogens is 3. The van der Waals surface area contributed by atoms with Crippen LogP contribution in [0.5, 0.6) is 0 Å². The Morgan fingerprint density at radius 1 is 1.04 bits per heavy atom. The van der Waals surface area contributed by atoms with E-state index in [9.17, 15) is 4.79 Å². The molecule has 0 spiro atoms. The molecule has 0 saturated carbocycles. The number of para-hydroxylation sites is 1. The molecule has 128 valence electrons. The number of amides is 1. The fraction of sp³-hybridized carbons (Fsp3) is 0.0526. The third-order valence-electron chi connectivity index (χ3n) is 3.74. The predicted molar refractivity (Wildman–Crippen MR) is 104 cm³/mol. The Balaban J connectivity index is 1.53. The molecule has 4 rings (SSSR count). The Hall–Kier alpha value is -3.32. The van der Waals surface area contributed by atoms with Crippen molar-refractivity contribution in [2.45, 2.75) is 6.92 Å². The van der Waals surface area contributed by atoms with Crippen molar-refractivity contribution in [3.05, 3.63) is 71.5 Å². The summed E-state index contributed by atoms with van der Waals surface area (Å²) >= 11 is 1.35. The molecule has 0 unspecified atom stereocenters. The largest absolute Gasteiger partial charge is 0.319 e. The van der Waals surface area contributed by atoms with Gasteiger partial charge >= 0.3 is 0 Å². The second-order valence-electron chi connectivity index (χ2n) is 5.66. The average molecular weight is 361 g/mol. The van der Waals surface area contributed by atoms with Gasteiger partial charge in [0.05, 0.1) is 11.2 Å². The topological polar surface area (TPSA) is 79.8 Å². The zero-order valence-electron chi connectivity index (χ0n) is 13.9. The highest BCUT2D eigenvalue weighted by Crippen LogP contribution is 2.23. The molecule has 4 aromatic rings. The van der Waals surface area contributed by atoms with Gasteiger partial charge in [-0.1, -0.05) is 24.3 Å². The van der Waals surface area contributed by atoms with Crippen LogP contribution in [-0.4, -0.2) is 20.9 Å². The van der Waals surface area contributed by atoms with Gasteiger partial charge in [0.2, 0.25) is 0 Å². The molecule has 0 aliphatic heterocycles. The molecule has 2 N–H and O–H groups in total. The number of hydrogen-bond donors (Lipinski definition) is 2. The highest BCUT2D eigenvalue weighted by Gasteiger charge is 2.13. The zero-order chi connectivity index (χ0) is 17.9. The van der Waals surface area contributed by atoms with Crippen molar-refractivity contribution in [3.63, 3.8) is 0 Å². The van der Waals surface area contributed by atoms with E-state index in [2.05, 4.69) is 25.6 Å². The Morgan fingerprint density at radius 3 is 2.77 bits per heavy atom. The molecule has 3 heterocycles. The maximum absolute atomic E-state index is 12.5. The summed E-state index contributed by atoms with van der Waals surface area (Å²) in [6.07, 6.45) is 1.71. The molecule has 1 amide bonds. The summed E-state index contributed by atoms with van der Waals surface area (Å²) in [5.74, 6) is 0.425. The van der Waals surface area contributed by atoms with Gasteiger partial charge < -0.3 is 10.6 Å². The van der Waals surface area contributed by atoms with E-state index in [0.29, 0.717) is 22.3 Å². The van der Waals surface area contributed by atoms with Gasteiger partial charge in [-0.3, -0.25) is 9.78 Å². The summed E-state index contributed by atoms with van der Waals surface area (Å²) in [5.41, 5.74) is 2.67. The number of rotatable bonds is 4. The van der Waals surface area contributed by atoms with Gasteiger partial charge in [-0.15, -0.1) is 11.3 Å².